The van der Waals surface area contributed by atoms with Crippen LogP contribution in [0.4, 0.5) is 4.79 Å². The maximum atomic E-state index is 12.3. The molecule has 2 fully saturated rings. The summed E-state index contributed by atoms with van der Waals surface area (Å²) in [6.07, 6.45) is 4.59. The quantitative estimate of drug-likeness (QED) is 0.777. The Balaban J connectivity index is 1.85. The molecule has 0 bridgehead atoms. The molecule has 26 heavy (non-hydrogen) atoms. The van der Waals surface area contributed by atoms with E-state index >= 15 is 0 Å². The summed E-state index contributed by atoms with van der Waals surface area (Å²) < 4.78 is 0. The van der Waals surface area contributed by atoms with Gasteiger partial charge in [-0.25, -0.2) is 4.79 Å². The van der Waals surface area contributed by atoms with Gasteiger partial charge in [-0.15, -0.1) is 0 Å². The Morgan fingerprint density at radius 2 is 1.92 bits per heavy atom. The third kappa shape index (κ3) is 5.61. The Morgan fingerprint density at radius 1 is 1.19 bits per heavy atom. The fourth-order valence-corrected chi connectivity index (χ4v) is 3.58. The maximum absolute atomic E-state index is 12.3. The van der Waals surface area contributed by atoms with E-state index < -0.39 is 0 Å². The van der Waals surface area contributed by atoms with Crippen LogP contribution in [0.1, 0.15) is 59.8 Å². The van der Waals surface area contributed by atoms with Crippen molar-refractivity contribution in [1.29, 1.82) is 0 Å². The van der Waals surface area contributed by atoms with Gasteiger partial charge in [0.25, 0.3) is 0 Å². The van der Waals surface area contributed by atoms with Gasteiger partial charge in [0, 0.05) is 32.1 Å². The van der Waals surface area contributed by atoms with E-state index in [4.69, 9.17) is 0 Å². The second-order valence-corrected chi connectivity index (χ2v) is 8.62. The average molecular weight is 367 g/mol. The zero-order valence-corrected chi connectivity index (χ0v) is 16.6. The number of hydrogen-bond donors (Lipinski definition) is 2. The van der Waals surface area contributed by atoms with Gasteiger partial charge in [-0.3, -0.25) is 9.59 Å². The van der Waals surface area contributed by atoms with Crippen LogP contribution in [-0.4, -0.2) is 65.9 Å². The molecule has 0 aromatic rings. The van der Waals surface area contributed by atoms with E-state index in [9.17, 15) is 14.4 Å². The Bertz CT molecular complexity index is 529. The molecular formula is C19H34N4O3. The molecule has 0 spiro atoms. The highest BCUT2D eigenvalue weighted by atomic mass is 16.2. The van der Waals surface area contributed by atoms with Crippen LogP contribution in [0.3, 0.4) is 0 Å². The maximum Gasteiger partial charge on any atom is 0.315 e. The van der Waals surface area contributed by atoms with E-state index in [1.54, 1.807) is 0 Å². The lowest BCUT2D eigenvalue weighted by atomic mass is 9.86. The Morgan fingerprint density at radius 3 is 2.50 bits per heavy atom. The lowest BCUT2D eigenvalue weighted by Gasteiger charge is -2.37. The van der Waals surface area contributed by atoms with Gasteiger partial charge in [-0.1, -0.05) is 20.8 Å². The van der Waals surface area contributed by atoms with Crippen molar-refractivity contribution in [3.05, 3.63) is 0 Å². The number of piperidine rings is 1. The minimum atomic E-state index is -0.352. The highest BCUT2D eigenvalue weighted by molar-refractivity contribution is 5.84. The van der Waals surface area contributed by atoms with E-state index in [1.807, 2.05) is 37.5 Å². The first kappa shape index (κ1) is 20.5. The number of nitrogens with one attached hydrogen (secondary N) is 2. The second-order valence-electron chi connectivity index (χ2n) is 8.62. The van der Waals surface area contributed by atoms with Crippen molar-refractivity contribution in [2.75, 3.05) is 26.2 Å². The number of likely N-dealkylation sites (tertiary alicyclic amines) is 2. The summed E-state index contributed by atoms with van der Waals surface area (Å²) in [5.74, 6) is 0.120. The normalized spacial score (nSPS) is 22.3. The first-order chi connectivity index (χ1) is 12.2. The number of urea groups is 1. The molecule has 0 aromatic heterocycles. The summed E-state index contributed by atoms with van der Waals surface area (Å²) in [5, 5.41) is 5.65. The number of carbonyl (C=O) groups is 3. The molecule has 2 N–H and O–H groups in total. The topological polar surface area (TPSA) is 81.8 Å². The second kappa shape index (κ2) is 8.73. The van der Waals surface area contributed by atoms with Gasteiger partial charge >= 0.3 is 6.03 Å². The summed E-state index contributed by atoms with van der Waals surface area (Å²) in [7, 11) is 0. The fourth-order valence-electron chi connectivity index (χ4n) is 3.58. The first-order valence-electron chi connectivity index (χ1n) is 9.80. The van der Waals surface area contributed by atoms with Crippen LogP contribution >= 0.6 is 0 Å². The van der Waals surface area contributed by atoms with Gasteiger partial charge in [0.05, 0.1) is 12.6 Å². The van der Waals surface area contributed by atoms with Gasteiger partial charge in [-0.2, -0.15) is 0 Å². The molecule has 7 nitrogen and oxygen atoms in total. The van der Waals surface area contributed by atoms with Gasteiger partial charge < -0.3 is 20.4 Å². The predicted molar refractivity (Wildman–Crippen MR) is 101 cm³/mol. The van der Waals surface area contributed by atoms with Crippen molar-refractivity contribution in [3.63, 3.8) is 0 Å². The third-order valence-corrected chi connectivity index (χ3v) is 5.45. The van der Waals surface area contributed by atoms with Crippen molar-refractivity contribution in [2.24, 2.45) is 5.41 Å². The molecule has 7 heteroatoms. The highest BCUT2D eigenvalue weighted by Crippen LogP contribution is 2.22. The van der Waals surface area contributed by atoms with Crippen molar-refractivity contribution >= 4 is 17.8 Å². The molecule has 2 aliphatic heterocycles. The number of amides is 4. The van der Waals surface area contributed by atoms with E-state index in [-0.39, 0.29) is 41.9 Å². The molecule has 2 rings (SSSR count). The van der Waals surface area contributed by atoms with Crippen LogP contribution in [0.25, 0.3) is 0 Å². The molecule has 2 saturated heterocycles. The van der Waals surface area contributed by atoms with Crippen LogP contribution in [0.2, 0.25) is 0 Å². The molecule has 4 amide bonds. The highest BCUT2D eigenvalue weighted by Gasteiger charge is 2.31. The van der Waals surface area contributed by atoms with E-state index in [0.717, 1.165) is 38.8 Å². The monoisotopic (exact) mass is 366 g/mol. The molecule has 2 aliphatic rings. The van der Waals surface area contributed by atoms with Gasteiger partial charge in [0.2, 0.25) is 11.8 Å². The van der Waals surface area contributed by atoms with Crippen molar-refractivity contribution in [1.82, 2.24) is 20.4 Å². The molecule has 148 valence electrons. The van der Waals surface area contributed by atoms with Gasteiger partial charge in [0.15, 0.2) is 0 Å². The molecule has 0 radical (unpaired) electrons. The van der Waals surface area contributed by atoms with Crippen molar-refractivity contribution < 1.29 is 14.4 Å². The standard InChI is InChI=1S/C19H34N4O3/c1-14-8-7-11-23(14)17(25)12-20-18(26)21-15(19(2,3)4)13-22-10-6-5-9-16(22)24/h14-15H,5-13H2,1-4H3,(H2,20,21,26). The van der Waals surface area contributed by atoms with E-state index in [1.165, 1.54) is 0 Å². The molecular weight excluding hydrogens is 332 g/mol. The SMILES string of the molecule is CC1CCCN1C(=O)CNC(=O)NC(CN1CCCCC1=O)C(C)(C)C. The number of rotatable bonds is 5. The smallest absolute Gasteiger partial charge is 0.315 e. The minimum Gasteiger partial charge on any atom is -0.341 e. The van der Waals surface area contributed by atoms with Crippen LogP contribution < -0.4 is 10.6 Å². The van der Waals surface area contributed by atoms with Crippen LogP contribution in [-0.2, 0) is 9.59 Å². The summed E-state index contributed by atoms with van der Waals surface area (Å²) in [6, 6.07) is -0.278. The average Bonchev–Trinajstić information content (AvgIpc) is 2.99. The first-order valence-corrected chi connectivity index (χ1v) is 9.80. The fraction of sp³-hybridized carbons (Fsp3) is 0.842. The summed E-state index contributed by atoms with van der Waals surface area (Å²) in [4.78, 5) is 40.3. The Hall–Kier alpha value is -1.79. The lowest BCUT2D eigenvalue weighted by Crippen LogP contribution is -2.55. The number of nitrogens with zero attached hydrogens (tertiary/aromatic N) is 2. The van der Waals surface area contributed by atoms with Crippen LogP contribution in [0.5, 0.6) is 0 Å². The van der Waals surface area contributed by atoms with Crippen molar-refractivity contribution in [2.45, 2.75) is 71.9 Å². The largest absolute Gasteiger partial charge is 0.341 e. The zero-order valence-electron chi connectivity index (χ0n) is 16.6. The molecule has 0 aliphatic carbocycles. The zero-order chi connectivity index (χ0) is 19.3. The number of carbonyl (C=O) groups excluding carboxylic acids is 3. The number of hydrogen-bond acceptors (Lipinski definition) is 3. The van der Waals surface area contributed by atoms with E-state index in [2.05, 4.69) is 10.6 Å². The molecule has 2 unspecified atom stereocenters. The minimum absolute atomic E-state index is 0.00960. The molecule has 0 saturated carbocycles. The lowest BCUT2D eigenvalue weighted by molar-refractivity contribution is -0.134. The summed E-state index contributed by atoms with van der Waals surface area (Å²) in [5.41, 5.74) is -0.192. The van der Waals surface area contributed by atoms with Gasteiger partial charge in [-0.05, 0) is 38.0 Å². The summed E-state index contributed by atoms with van der Waals surface area (Å²) in [6.45, 7) is 10.2. The Kier molecular flexibility index (Phi) is 6.89. The van der Waals surface area contributed by atoms with Gasteiger partial charge in [0.1, 0.15) is 0 Å². The van der Waals surface area contributed by atoms with Crippen molar-refractivity contribution in [3.8, 4) is 0 Å². The Labute approximate surface area is 156 Å². The summed E-state index contributed by atoms with van der Waals surface area (Å²) >= 11 is 0. The molecule has 2 heterocycles. The predicted octanol–water partition coefficient (Wildman–Crippen LogP) is 1.72. The van der Waals surface area contributed by atoms with Crippen LogP contribution in [0.15, 0.2) is 0 Å². The molecule has 2 atom stereocenters. The van der Waals surface area contributed by atoms with Crippen LogP contribution in [0, 0.1) is 5.41 Å². The third-order valence-electron chi connectivity index (χ3n) is 5.45. The molecule has 0 aromatic carbocycles. The van der Waals surface area contributed by atoms with E-state index in [0.29, 0.717) is 13.0 Å².